The third-order valence-electron chi connectivity index (χ3n) is 3.18. The third-order valence-corrected chi connectivity index (χ3v) is 3.18. The Balaban J connectivity index is 1.82. The smallest absolute Gasteiger partial charge is 0.413 e. The highest BCUT2D eigenvalue weighted by atomic mass is 16.6. The molecule has 0 saturated carbocycles. The Hall–Kier alpha value is -0.0301. The van der Waals surface area contributed by atoms with Gasteiger partial charge in [0.15, 0.2) is 0 Å². The second-order valence-corrected chi connectivity index (χ2v) is 4.69. The summed E-state index contributed by atoms with van der Waals surface area (Å²) in [6.07, 6.45) is 8.04. The van der Waals surface area contributed by atoms with Crippen LogP contribution in [0.25, 0.3) is 0 Å². The summed E-state index contributed by atoms with van der Waals surface area (Å²) in [6, 6.07) is 0. The molecule has 0 aliphatic carbocycles. The van der Waals surface area contributed by atoms with Crippen LogP contribution in [0.15, 0.2) is 0 Å². The number of rotatable bonds is 1. The van der Waals surface area contributed by atoms with E-state index in [1.54, 1.807) is 0 Å². The topological polar surface area (TPSA) is 36.9 Å². The van der Waals surface area contributed by atoms with E-state index in [1.807, 2.05) is 0 Å². The van der Waals surface area contributed by atoms with Gasteiger partial charge in [0.2, 0.25) is 0 Å². The second kappa shape index (κ2) is 8.14. The van der Waals surface area contributed by atoms with Gasteiger partial charge in [-0.15, -0.1) is 0 Å². The molecule has 0 N–H and O–H groups in total. The van der Waals surface area contributed by atoms with Gasteiger partial charge in [-0.1, -0.05) is 12.8 Å². The Labute approximate surface area is 105 Å². The van der Waals surface area contributed by atoms with Gasteiger partial charge in [0.1, 0.15) is 0 Å². The van der Waals surface area contributed by atoms with E-state index in [-0.39, 0.29) is 14.0 Å². The highest BCUT2D eigenvalue weighted by Crippen LogP contribution is 2.11. The van der Waals surface area contributed by atoms with Gasteiger partial charge >= 0.3 is 14.0 Å². The van der Waals surface area contributed by atoms with Crippen molar-refractivity contribution >= 4 is 14.0 Å². The minimum Gasteiger partial charge on any atom is -0.413 e. The first-order valence-electron chi connectivity index (χ1n) is 6.93. The minimum absolute atomic E-state index is 0.339. The Morgan fingerprint density at radius 3 is 1.06 bits per heavy atom. The fraction of sp³-hybridized carbons (Fsp3) is 1.00. The third kappa shape index (κ3) is 5.00. The standard InChI is InChI=1S/C11H22B2O4/c1-2-5-9-15-12(14-8-4-1)13-16-10-6-3-7-11-17-13/h1-11H2. The van der Waals surface area contributed by atoms with Gasteiger partial charge < -0.3 is 18.6 Å². The van der Waals surface area contributed by atoms with Crippen molar-refractivity contribution in [2.45, 2.75) is 44.9 Å². The molecular formula is C11H22B2O4. The first kappa shape index (κ1) is 13.4. The van der Waals surface area contributed by atoms with Crippen LogP contribution >= 0.6 is 0 Å². The normalized spacial score (nSPS) is 25.4. The Morgan fingerprint density at radius 2 is 0.706 bits per heavy atom. The van der Waals surface area contributed by atoms with Crippen LogP contribution in [0.4, 0.5) is 0 Å². The summed E-state index contributed by atoms with van der Waals surface area (Å²) in [5, 5.41) is 0. The lowest BCUT2D eigenvalue weighted by atomic mass is 9.48. The molecule has 0 aromatic carbocycles. The van der Waals surface area contributed by atoms with E-state index in [0.29, 0.717) is 0 Å². The minimum atomic E-state index is -0.341. The highest BCUT2D eigenvalue weighted by Gasteiger charge is 2.39. The van der Waals surface area contributed by atoms with E-state index in [2.05, 4.69) is 0 Å². The molecule has 17 heavy (non-hydrogen) atoms. The van der Waals surface area contributed by atoms with E-state index < -0.39 is 0 Å². The van der Waals surface area contributed by atoms with Gasteiger partial charge in [-0.3, -0.25) is 0 Å². The van der Waals surface area contributed by atoms with Crippen molar-refractivity contribution in [3.05, 3.63) is 0 Å². The van der Waals surface area contributed by atoms with Crippen molar-refractivity contribution in [3.8, 4) is 0 Å². The zero-order chi connectivity index (χ0) is 11.8. The summed E-state index contributed by atoms with van der Waals surface area (Å²) < 4.78 is 22.8. The average Bonchev–Trinajstić information content (AvgIpc) is 2.42. The number of hydrogen-bond donors (Lipinski definition) is 0. The van der Waals surface area contributed by atoms with Crippen LogP contribution < -0.4 is 0 Å². The molecule has 2 heterocycles. The molecule has 0 aromatic rings. The van der Waals surface area contributed by atoms with Crippen molar-refractivity contribution in [2.75, 3.05) is 26.4 Å². The Morgan fingerprint density at radius 1 is 0.412 bits per heavy atom. The lowest BCUT2D eigenvalue weighted by molar-refractivity contribution is 0.153. The van der Waals surface area contributed by atoms with Gasteiger partial charge in [-0.25, -0.2) is 0 Å². The molecule has 0 aromatic heterocycles. The fourth-order valence-corrected chi connectivity index (χ4v) is 2.15. The van der Waals surface area contributed by atoms with Crippen molar-refractivity contribution in [2.24, 2.45) is 0 Å². The summed E-state index contributed by atoms with van der Waals surface area (Å²) in [6.45, 7) is 2.98. The molecule has 6 heteroatoms. The first-order chi connectivity index (χ1) is 8.47. The molecule has 2 rings (SSSR count). The number of hydrogen-bond acceptors (Lipinski definition) is 4. The van der Waals surface area contributed by atoms with Crippen LogP contribution in [0.3, 0.4) is 0 Å². The maximum Gasteiger partial charge on any atom is 0.487 e. The zero-order valence-electron chi connectivity index (χ0n) is 10.6. The molecule has 2 saturated heterocycles. The predicted molar refractivity (Wildman–Crippen MR) is 67.6 cm³/mol. The molecule has 0 bridgehead atoms. The molecular weight excluding hydrogens is 218 g/mol. The van der Waals surface area contributed by atoms with E-state index in [1.165, 1.54) is 19.3 Å². The van der Waals surface area contributed by atoms with E-state index in [9.17, 15) is 0 Å². The predicted octanol–water partition coefficient (Wildman–Crippen LogP) is 1.87. The molecule has 2 aliphatic heterocycles. The fourth-order valence-electron chi connectivity index (χ4n) is 2.15. The van der Waals surface area contributed by atoms with Crippen LogP contribution in [0.1, 0.15) is 44.9 Å². The van der Waals surface area contributed by atoms with Gasteiger partial charge in [0.05, 0.1) is 0 Å². The average molecular weight is 240 g/mol. The SMILES string of the molecule is C1CCCOB(B2OCCCCCO2)OCC1. The maximum atomic E-state index is 5.73. The molecule has 0 unspecified atom stereocenters. The molecule has 0 amide bonds. The summed E-state index contributed by atoms with van der Waals surface area (Å²) >= 11 is 0. The van der Waals surface area contributed by atoms with E-state index in [4.69, 9.17) is 18.6 Å². The van der Waals surface area contributed by atoms with E-state index >= 15 is 0 Å². The molecule has 96 valence electrons. The first-order valence-corrected chi connectivity index (χ1v) is 6.93. The molecule has 0 spiro atoms. The lowest BCUT2D eigenvalue weighted by Gasteiger charge is -2.22. The summed E-state index contributed by atoms with van der Waals surface area (Å²) in [7, 11) is -0.681. The largest absolute Gasteiger partial charge is 0.487 e. The molecule has 0 radical (unpaired) electrons. The second-order valence-electron chi connectivity index (χ2n) is 4.69. The van der Waals surface area contributed by atoms with Crippen LogP contribution in [0.2, 0.25) is 0 Å². The lowest BCUT2D eigenvalue weighted by Crippen LogP contribution is -2.47. The zero-order valence-corrected chi connectivity index (χ0v) is 10.6. The van der Waals surface area contributed by atoms with Gasteiger partial charge in [-0.05, 0) is 32.1 Å². The quantitative estimate of drug-likeness (QED) is 0.655. The Bertz CT molecular complexity index is 188. The van der Waals surface area contributed by atoms with Crippen LogP contribution in [0.5, 0.6) is 0 Å². The Kier molecular flexibility index (Phi) is 6.42. The van der Waals surface area contributed by atoms with Crippen LogP contribution in [-0.2, 0) is 18.6 Å². The molecule has 2 aliphatic rings. The van der Waals surface area contributed by atoms with E-state index in [0.717, 1.165) is 52.1 Å². The monoisotopic (exact) mass is 240 g/mol. The van der Waals surface area contributed by atoms with Crippen molar-refractivity contribution in [1.82, 2.24) is 0 Å². The molecule has 4 nitrogen and oxygen atoms in total. The highest BCUT2D eigenvalue weighted by molar-refractivity contribution is 7.10. The van der Waals surface area contributed by atoms with Crippen LogP contribution in [0, 0.1) is 0 Å². The summed E-state index contributed by atoms with van der Waals surface area (Å²) in [4.78, 5) is 0. The van der Waals surface area contributed by atoms with Crippen molar-refractivity contribution in [1.29, 1.82) is 0 Å². The van der Waals surface area contributed by atoms with Crippen LogP contribution in [-0.4, -0.2) is 40.4 Å². The van der Waals surface area contributed by atoms with Gasteiger partial charge in [0.25, 0.3) is 0 Å². The van der Waals surface area contributed by atoms with Crippen molar-refractivity contribution < 1.29 is 18.6 Å². The summed E-state index contributed by atoms with van der Waals surface area (Å²) in [5.41, 5.74) is 0. The van der Waals surface area contributed by atoms with Gasteiger partial charge in [0, 0.05) is 26.4 Å². The molecule has 0 atom stereocenters. The van der Waals surface area contributed by atoms with Crippen molar-refractivity contribution in [3.63, 3.8) is 0 Å². The molecule has 2 fully saturated rings. The summed E-state index contributed by atoms with van der Waals surface area (Å²) in [5.74, 6) is 0. The maximum absolute atomic E-state index is 5.73. The van der Waals surface area contributed by atoms with Gasteiger partial charge in [-0.2, -0.15) is 0 Å².